The van der Waals surface area contributed by atoms with Gasteiger partial charge in [0, 0.05) is 0 Å². The Morgan fingerprint density at radius 2 is 1.64 bits per heavy atom. The van der Waals surface area contributed by atoms with Gasteiger partial charge in [-0.15, -0.1) is 0 Å². The zero-order valence-corrected chi connectivity index (χ0v) is 11.9. The average molecular weight is 308 g/mol. The van der Waals surface area contributed by atoms with E-state index in [0.29, 0.717) is 5.56 Å². The molecule has 0 N–H and O–H groups in total. The molecular formula is C17H15F3O2. The highest BCUT2D eigenvalue weighted by molar-refractivity contribution is 5.72. The summed E-state index contributed by atoms with van der Waals surface area (Å²) in [6, 6.07) is 13.7. The van der Waals surface area contributed by atoms with Crippen LogP contribution in [-0.4, -0.2) is 5.97 Å². The van der Waals surface area contributed by atoms with Gasteiger partial charge in [-0.1, -0.05) is 42.5 Å². The van der Waals surface area contributed by atoms with Gasteiger partial charge in [0.25, 0.3) is 0 Å². The summed E-state index contributed by atoms with van der Waals surface area (Å²) in [4.78, 5) is 11.8. The highest BCUT2D eigenvalue weighted by Crippen LogP contribution is 2.30. The number of halogens is 3. The van der Waals surface area contributed by atoms with Crippen molar-refractivity contribution in [3.63, 3.8) is 0 Å². The van der Waals surface area contributed by atoms with Crippen LogP contribution >= 0.6 is 0 Å². The van der Waals surface area contributed by atoms with Crippen LogP contribution in [0.25, 0.3) is 0 Å². The van der Waals surface area contributed by atoms with E-state index in [9.17, 15) is 18.0 Å². The summed E-state index contributed by atoms with van der Waals surface area (Å²) in [6.45, 7) is 1.63. The van der Waals surface area contributed by atoms with Crippen LogP contribution in [0.1, 0.15) is 29.7 Å². The van der Waals surface area contributed by atoms with Gasteiger partial charge in [0.05, 0.1) is 12.0 Å². The molecule has 0 radical (unpaired) electrons. The highest BCUT2D eigenvalue weighted by Gasteiger charge is 2.30. The lowest BCUT2D eigenvalue weighted by Gasteiger charge is -2.15. The molecule has 0 aliphatic rings. The molecule has 0 saturated carbocycles. The van der Waals surface area contributed by atoms with Crippen LogP contribution in [0, 0.1) is 0 Å². The second-order valence-electron chi connectivity index (χ2n) is 4.91. The van der Waals surface area contributed by atoms with Crippen molar-refractivity contribution in [2.45, 2.75) is 25.6 Å². The lowest BCUT2D eigenvalue weighted by molar-refractivity contribution is -0.148. The molecular weight excluding hydrogens is 293 g/mol. The molecule has 1 atom stereocenters. The second kappa shape index (κ2) is 6.64. The zero-order chi connectivity index (χ0) is 16.2. The number of hydrogen-bond acceptors (Lipinski definition) is 2. The van der Waals surface area contributed by atoms with Crippen molar-refractivity contribution >= 4 is 5.97 Å². The van der Waals surface area contributed by atoms with Gasteiger partial charge in [0.15, 0.2) is 0 Å². The first-order chi connectivity index (χ1) is 10.4. The molecule has 2 aromatic carbocycles. The van der Waals surface area contributed by atoms with E-state index in [0.717, 1.165) is 17.7 Å². The Hall–Kier alpha value is -2.30. The molecule has 0 unspecified atom stereocenters. The van der Waals surface area contributed by atoms with Gasteiger partial charge in [0.2, 0.25) is 0 Å². The monoisotopic (exact) mass is 308 g/mol. The van der Waals surface area contributed by atoms with Gasteiger partial charge < -0.3 is 4.74 Å². The van der Waals surface area contributed by atoms with E-state index in [-0.39, 0.29) is 6.42 Å². The lowest BCUT2D eigenvalue weighted by atomic mass is 10.1. The molecule has 22 heavy (non-hydrogen) atoms. The summed E-state index contributed by atoms with van der Waals surface area (Å²) in [5.41, 5.74) is 0.626. The third kappa shape index (κ3) is 4.35. The van der Waals surface area contributed by atoms with Crippen LogP contribution in [-0.2, 0) is 22.1 Å². The molecule has 0 heterocycles. The molecule has 2 nitrogen and oxygen atoms in total. The van der Waals surface area contributed by atoms with Crippen molar-refractivity contribution in [1.82, 2.24) is 0 Å². The number of esters is 1. The van der Waals surface area contributed by atoms with Crippen molar-refractivity contribution in [2.75, 3.05) is 0 Å². The fourth-order valence-electron chi connectivity index (χ4n) is 2.01. The maximum absolute atomic E-state index is 12.5. The smallest absolute Gasteiger partial charge is 0.416 e. The molecule has 0 saturated heterocycles. The van der Waals surface area contributed by atoms with E-state index in [1.54, 1.807) is 6.92 Å². The van der Waals surface area contributed by atoms with Crippen LogP contribution < -0.4 is 0 Å². The Morgan fingerprint density at radius 1 is 1.05 bits per heavy atom. The molecule has 0 fully saturated rings. The van der Waals surface area contributed by atoms with Crippen LogP contribution in [0.4, 0.5) is 13.2 Å². The van der Waals surface area contributed by atoms with Gasteiger partial charge in [-0.3, -0.25) is 4.79 Å². The zero-order valence-electron chi connectivity index (χ0n) is 11.9. The predicted octanol–water partition coefficient (Wildman–Crippen LogP) is 4.55. The molecule has 2 rings (SSSR count). The van der Waals surface area contributed by atoms with Crippen LogP contribution in [0.5, 0.6) is 0 Å². The van der Waals surface area contributed by atoms with E-state index in [2.05, 4.69) is 0 Å². The van der Waals surface area contributed by atoms with E-state index < -0.39 is 23.8 Å². The minimum atomic E-state index is -4.37. The second-order valence-corrected chi connectivity index (χ2v) is 4.91. The summed E-state index contributed by atoms with van der Waals surface area (Å²) in [5.74, 6) is -0.418. The summed E-state index contributed by atoms with van der Waals surface area (Å²) < 4.78 is 42.7. The largest absolute Gasteiger partial charge is 0.458 e. The van der Waals surface area contributed by atoms with Crippen molar-refractivity contribution < 1.29 is 22.7 Å². The van der Waals surface area contributed by atoms with E-state index in [4.69, 9.17) is 4.74 Å². The predicted molar refractivity (Wildman–Crippen MR) is 76.1 cm³/mol. The number of benzene rings is 2. The van der Waals surface area contributed by atoms with Gasteiger partial charge >= 0.3 is 12.1 Å². The van der Waals surface area contributed by atoms with E-state index >= 15 is 0 Å². The van der Waals surface area contributed by atoms with Gasteiger partial charge in [-0.05, 0) is 30.2 Å². The first-order valence-electron chi connectivity index (χ1n) is 6.77. The number of carbonyl (C=O) groups excluding carboxylic acids is 1. The van der Waals surface area contributed by atoms with Gasteiger partial charge in [-0.2, -0.15) is 13.2 Å². The molecule has 0 amide bonds. The van der Waals surface area contributed by atoms with Crippen LogP contribution in [0.2, 0.25) is 0 Å². The SMILES string of the molecule is C[C@H](OC(=O)Cc1ccccc1)c1ccc(C(F)(F)F)cc1. The molecule has 0 aliphatic heterocycles. The van der Waals surface area contributed by atoms with Crippen LogP contribution in [0.3, 0.4) is 0 Å². The standard InChI is InChI=1S/C17H15F3O2/c1-12(14-7-9-15(10-8-14)17(18,19)20)22-16(21)11-13-5-3-2-4-6-13/h2-10,12H,11H2,1H3/t12-/m0/s1. The fourth-order valence-corrected chi connectivity index (χ4v) is 2.01. The Labute approximate surface area is 126 Å². The molecule has 2 aromatic rings. The maximum Gasteiger partial charge on any atom is 0.416 e. The number of rotatable bonds is 4. The van der Waals surface area contributed by atoms with Gasteiger partial charge in [-0.25, -0.2) is 0 Å². The molecule has 0 aliphatic carbocycles. The van der Waals surface area contributed by atoms with Crippen molar-refractivity contribution in [3.8, 4) is 0 Å². The van der Waals surface area contributed by atoms with Crippen molar-refractivity contribution in [2.24, 2.45) is 0 Å². The van der Waals surface area contributed by atoms with Crippen molar-refractivity contribution in [3.05, 3.63) is 71.3 Å². The minimum absolute atomic E-state index is 0.131. The molecule has 0 bridgehead atoms. The Kier molecular flexibility index (Phi) is 4.85. The fraction of sp³-hybridized carbons (Fsp3) is 0.235. The quantitative estimate of drug-likeness (QED) is 0.774. The summed E-state index contributed by atoms with van der Waals surface area (Å²) in [6.07, 6.45) is -4.84. The van der Waals surface area contributed by atoms with Crippen LogP contribution in [0.15, 0.2) is 54.6 Å². The minimum Gasteiger partial charge on any atom is -0.458 e. The molecule has 0 aromatic heterocycles. The molecule has 0 spiro atoms. The normalized spacial score (nSPS) is 12.7. The van der Waals surface area contributed by atoms with E-state index in [1.807, 2.05) is 30.3 Å². The topological polar surface area (TPSA) is 26.3 Å². The Morgan fingerprint density at radius 3 is 2.18 bits per heavy atom. The Balaban J connectivity index is 1.97. The lowest BCUT2D eigenvalue weighted by Crippen LogP contribution is -2.12. The first kappa shape index (κ1) is 16.1. The third-order valence-electron chi connectivity index (χ3n) is 3.21. The average Bonchev–Trinajstić information content (AvgIpc) is 2.47. The number of hydrogen-bond donors (Lipinski definition) is 0. The van der Waals surface area contributed by atoms with E-state index in [1.165, 1.54) is 12.1 Å². The number of alkyl halides is 3. The summed E-state index contributed by atoms with van der Waals surface area (Å²) >= 11 is 0. The molecule has 5 heteroatoms. The third-order valence-corrected chi connectivity index (χ3v) is 3.21. The first-order valence-corrected chi connectivity index (χ1v) is 6.77. The van der Waals surface area contributed by atoms with Crippen molar-refractivity contribution in [1.29, 1.82) is 0 Å². The number of carbonyl (C=O) groups is 1. The molecule has 116 valence electrons. The Bertz CT molecular complexity index is 619. The maximum atomic E-state index is 12.5. The highest BCUT2D eigenvalue weighted by atomic mass is 19.4. The van der Waals surface area contributed by atoms with Gasteiger partial charge in [0.1, 0.15) is 6.10 Å². The summed E-state index contributed by atoms with van der Waals surface area (Å²) in [5, 5.41) is 0. The number of ether oxygens (including phenoxy) is 1. The summed E-state index contributed by atoms with van der Waals surface area (Å²) in [7, 11) is 0.